The molecular formula is C17H29Cl2FN4O. The van der Waals surface area contributed by atoms with Gasteiger partial charge in [0.25, 0.3) is 0 Å². The zero-order valence-electron chi connectivity index (χ0n) is 14.8. The number of amides is 1. The predicted molar refractivity (Wildman–Crippen MR) is 106 cm³/mol. The molecule has 0 aliphatic carbocycles. The van der Waals surface area contributed by atoms with Crippen molar-refractivity contribution in [1.29, 1.82) is 0 Å². The number of halogens is 3. The average Bonchev–Trinajstić information content (AvgIpc) is 2.59. The molecule has 8 heteroatoms. The molecule has 1 aromatic carbocycles. The smallest absolute Gasteiger partial charge is 0.237 e. The van der Waals surface area contributed by atoms with Crippen LogP contribution < -0.4 is 15.5 Å². The van der Waals surface area contributed by atoms with Gasteiger partial charge in [-0.3, -0.25) is 9.69 Å². The second-order valence-corrected chi connectivity index (χ2v) is 5.92. The third-order valence-corrected chi connectivity index (χ3v) is 4.34. The van der Waals surface area contributed by atoms with Crippen molar-refractivity contribution in [3.63, 3.8) is 0 Å². The van der Waals surface area contributed by atoms with Crippen LogP contribution in [0.2, 0.25) is 0 Å². The number of nitrogens with zero attached hydrogens (tertiary/aromatic N) is 2. The van der Waals surface area contributed by atoms with Crippen molar-refractivity contribution in [3.8, 4) is 0 Å². The topological polar surface area (TPSA) is 47.6 Å². The molecule has 1 amide bonds. The highest BCUT2D eigenvalue weighted by Gasteiger charge is 2.25. The van der Waals surface area contributed by atoms with E-state index in [1.165, 1.54) is 12.1 Å². The molecule has 0 aromatic heterocycles. The molecule has 5 nitrogen and oxygen atoms in total. The van der Waals surface area contributed by atoms with Crippen LogP contribution in [0.3, 0.4) is 0 Å². The van der Waals surface area contributed by atoms with Crippen LogP contribution in [-0.2, 0) is 4.79 Å². The van der Waals surface area contributed by atoms with Gasteiger partial charge in [0.1, 0.15) is 5.82 Å². The van der Waals surface area contributed by atoms with Gasteiger partial charge in [0.15, 0.2) is 0 Å². The van der Waals surface area contributed by atoms with Gasteiger partial charge in [-0.15, -0.1) is 24.8 Å². The molecule has 0 radical (unpaired) electrons. The molecule has 25 heavy (non-hydrogen) atoms. The Kier molecular flexibility index (Phi) is 11.8. The van der Waals surface area contributed by atoms with Gasteiger partial charge < -0.3 is 15.5 Å². The lowest BCUT2D eigenvalue weighted by Gasteiger charge is -2.38. The standard InChI is InChI=1S/C17H27FN4O.2ClH/c1-14(17(23)20-9-3-8-19-2)21-10-12-22(13-11-21)16-6-4-15(18)5-7-16;;/h4-7,14,19H,3,8-13H2,1-2H3,(H,20,23);2*1H. The number of hydrogen-bond donors (Lipinski definition) is 2. The quantitative estimate of drug-likeness (QED) is 0.693. The van der Waals surface area contributed by atoms with Crippen LogP contribution >= 0.6 is 24.8 Å². The molecule has 1 aromatic rings. The minimum absolute atomic E-state index is 0. The summed E-state index contributed by atoms with van der Waals surface area (Å²) in [5.41, 5.74) is 1.04. The number of hydrogen-bond acceptors (Lipinski definition) is 4. The minimum Gasteiger partial charge on any atom is -0.369 e. The number of nitrogens with one attached hydrogen (secondary N) is 2. The van der Waals surface area contributed by atoms with Crippen LogP contribution in [-0.4, -0.2) is 63.2 Å². The zero-order valence-corrected chi connectivity index (χ0v) is 16.5. The fourth-order valence-corrected chi connectivity index (χ4v) is 2.81. The molecule has 1 aliphatic heterocycles. The number of rotatable bonds is 7. The maximum atomic E-state index is 13.0. The van der Waals surface area contributed by atoms with Crippen LogP contribution in [0.4, 0.5) is 10.1 Å². The van der Waals surface area contributed by atoms with E-state index in [1.807, 2.05) is 26.1 Å². The van der Waals surface area contributed by atoms with Crippen molar-refractivity contribution in [3.05, 3.63) is 30.1 Å². The van der Waals surface area contributed by atoms with E-state index in [1.54, 1.807) is 0 Å². The Balaban J connectivity index is 0.00000288. The molecule has 1 saturated heterocycles. The van der Waals surface area contributed by atoms with E-state index >= 15 is 0 Å². The minimum atomic E-state index is -0.212. The monoisotopic (exact) mass is 394 g/mol. The molecule has 1 unspecified atom stereocenters. The number of carbonyl (C=O) groups excluding carboxylic acids is 1. The van der Waals surface area contributed by atoms with E-state index in [2.05, 4.69) is 20.4 Å². The van der Waals surface area contributed by atoms with Gasteiger partial charge in [0.05, 0.1) is 6.04 Å². The highest BCUT2D eigenvalue weighted by Crippen LogP contribution is 2.17. The molecule has 144 valence electrons. The largest absolute Gasteiger partial charge is 0.369 e. The van der Waals surface area contributed by atoms with Crippen molar-refractivity contribution < 1.29 is 9.18 Å². The molecule has 0 bridgehead atoms. The Morgan fingerprint density at radius 3 is 2.28 bits per heavy atom. The van der Waals surface area contributed by atoms with E-state index in [-0.39, 0.29) is 42.6 Å². The summed E-state index contributed by atoms with van der Waals surface area (Å²) in [4.78, 5) is 16.6. The fourth-order valence-electron chi connectivity index (χ4n) is 2.81. The molecule has 2 rings (SSSR count). The molecule has 0 saturated carbocycles. The normalized spacial score (nSPS) is 15.7. The molecule has 1 heterocycles. The molecule has 2 N–H and O–H groups in total. The van der Waals surface area contributed by atoms with Crippen LogP contribution in [0.15, 0.2) is 24.3 Å². The van der Waals surface area contributed by atoms with E-state index in [9.17, 15) is 9.18 Å². The van der Waals surface area contributed by atoms with Crippen molar-refractivity contribution in [1.82, 2.24) is 15.5 Å². The summed E-state index contributed by atoms with van der Waals surface area (Å²) in [6.07, 6.45) is 0.938. The first-order valence-corrected chi connectivity index (χ1v) is 8.28. The molecule has 1 fully saturated rings. The van der Waals surface area contributed by atoms with Crippen LogP contribution in [0.1, 0.15) is 13.3 Å². The average molecular weight is 395 g/mol. The van der Waals surface area contributed by atoms with Crippen molar-refractivity contribution in [2.45, 2.75) is 19.4 Å². The van der Waals surface area contributed by atoms with Crippen LogP contribution in [0, 0.1) is 5.82 Å². The third kappa shape index (κ3) is 7.36. The molecule has 1 aliphatic rings. The van der Waals surface area contributed by atoms with Gasteiger partial charge >= 0.3 is 0 Å². The molecule has 1 atom stereocenters. The highest BCUT2D eigenvalue weighted by atomic mass is 35.5. The van der Waals surface area contributed by atoms with Crippen LogP contribution in [0.25, 0.3) is 0 Å². The van der Waals surface area contributed by atoms with Gasteiger partial charge in [-0.2, -0.15) is 0 Å². The van der Waals surface area contributed by atoms with E-state index in [4.69, 9.17) is 0 Å². The Labute approximate surface area is 162 Å². The molecule has 0 spiro atoms. The summed E-state index contributed by atoms with van der Waals surface area (Å²) in [5, 5.41) is 6.05. The van der Waals surface area contributed by atoms with E-state index in [0.29, 0.717) is 6.54 Å². The lowest BCUT2D eigenvalue weighted by Crippen LogP contribution is -2.54. The molecular weight excluding hydrogens is 366 g/mol. The summed E-state index contributed by atoms with van der Waals surface area (Å²) in [6, 6.07) is 6.48. The first kappa shape index (κ1) is 23.9. The van der Waals surface area contributed by atoms with Gasteiger partial charge in [-0.1, -0.05) is 0 Å². The van der Waals surface area contributed by atoms with Crippen molar-refractivity contribution in [2.24, 2.45) is 0 Å². The van der Waals surface area contributed by atoms with Gasteiger partial charge in [-0.25, -0.2) is 4.39 Å². The SMILES string of the molecule is CNCCCNC(=O)C(C)N1CCN(c2ccc(F)cc2)CC1.Cl.Cl. The second-order valence-electron chi connectivity index (χ2n) is 5.92. The fraction of sp³-hybridized carbons (Fsp3) is 0.588. The predicted octanol–water partition coefficient (Wildman–Crippen LogP) is 1.91. The van der Waals surface area contributed by atoms with Gasteiger partial charge in [-0.05, 0) is 51.2 Å². The van der Waals surface area contributed by atoms with Crippen LogP contribution in [0.5, 0.6) is 0 Å². The zero-order chi connectivity index (χ0) is 16.7. The number of anilines is 1. The summed E-state index contributed by atoms with van der Waals surface area (Å²) in [6.45, 7) is 6.95. The second kappa shape index (κ2) is 12.3. The summed E-state index contributed by atoms with van der Waals surface area (Å²) in [7, 11) is 1.91. The van der Waals surface area contributed by atoms with E-state index < -0.39 is 0 Å². The van der Waals surface area contributed by atoms with Gasteiger partial charge in [0.2, 0.25) is 5.91 Å². The maximum Gasteiger partial charge on any atom is 0.237 e. The van der Waals surface area contributed by atoms with Gasteiger partial charge in [0, 0.05) is 38.4 Å². The third-order valence-electron chi connectivity index (χ3n) is 4.34. The first-order chi connectivity index (χ1) is 11.1. The Bertz CT molecular complexity index is 496. The number of piperazine rings is 1. The number of benzene rings is 1. The Morgan fingerprint density at radius 2 is 1.72 bits per heavy atom. The summed E-state index contributed by atoms with van der Waals surface area (Å²) in [5.74, 6) is -0.118. The first-order valence-electron chi connectivity index (χ1n) is 8.28. The Morgan fingerprint density at radius 1 is 1.12 bits per heavy atom. The highest BCUT2D eigenvalue weighted by molar-refractivity contribution is 5.85. The lowest BCUT2D eigenvalue weighted by atomic mass is 10.2. The summed E-state index contributed by atoms with van der Waals surface area (Å²) < 4.78 is 13.0. The van der Waals surface area contributed by atoms with E-state index in [0.717, 1.165) is 44.8 Å². The number of carbonyl (C=O) groups is 1. The Hall–Kier alpha value is -1.08. The lowest BCUT2D eigenvalue weighted by molar-refractivity contribution is -0.126. The van der Waals surface area contributed by atoms with Crippen molar-refractivity contribution in [2.75, 3.05) is 51.2 Å². The maximum absolute atomic E-state index is 13.0. The summed E-state index contributed by atoms with van der Waals surface area (Å²) >= 11 is 0. The van der Waals surface area contributed by atoms with Crippen molar-refractivity contribution >= 4 is 36.4 Å².